The highest BCUT2D eigenvalue weighted by molar-refractivity contribution is 6.74. The summed E-state index contributed by atoms with van der Waals surface area (Å²) in [6.45, 7) is 11.3. The van der Waals surface area contributed by atoms with E-state index >= 15 is 0 Å². The Kier molecular flexibility index (Phi) is 4.76. The molecule has 3 rings (SSSR count). The van der Waals surface area contributed by atoms with E-state index in [0.29, 0.717) is 5.56 Å². The molecule has 0 aliphatic heterocycles. The Bertz CT molecular complexity index is 952. The van der Waals surface area contributed by atoms with Crippen molar-refractivity contribution in [3.8, 4) is 16.9 Å². The number of carbonyl (C=O) groups is 1. The standard InChI is InChI=1S/C23H26O2Si/c1-23(2,3)26(4,5)25-22-13-9-8-12-21(22)20-15-14-17(16-24)18-10-6-7-11-19(18)20/h6-16H,1-5H3. The highest BCUT2D eigenvalue weighted by Crippen LogP contribution is 2.41. The van der Waals surface area contributed by atoms with Crippen molar-refractivity contribution < 1.29 is 9.22 Å². The fourth-order valence-electron chi connectivity index (χ4n) is 2.87. The third kappa shape index (κ3) is 3.32. The van der Waals surface area contributed by atoms with Gasteiger partial charge in [0.15, 0.2) is 6.29 Å². The van der Waals surface area contributed by atoms with E-state index in [1.807, 2.05) is 42.5 Å². The first-order valence-corrected chi connectivity index (χ1v) is 11.9. The number of para-hydroxylation sites is 1. The molecule has 26 heavy (non-hydrogen) atoms. The maximum atomic E-state index is 11.4. The molecule has 134 valence electrons. The van der Waals surface area contributed by atoms with Crippen LogP contribution in [0.15, 0.2) is 60.7 Å². The minimum atomic E-state index is -1.95. The zero-order valence-electron chi connectivity index (χ0n) is 16.2. The highest BCUT2D eigenvalue weighted by atomic mass is 28.4. The highest BCUT2D eigenvalue weighted by Gasteiger charge is 2.39. The van der Waals surface area contributed by atoms with Gasteiger partial charge in [-0.3, -0.25) is 4.79 Å². The molecular weight excluding hydrogens is 336 g/mol. The number of aldehydes is 1. The van der Waals surface area contributed by atoms with Gasteiger partial charge in [-0.2, -0.15) is 0 Å². The second-order valence-corrected chi connectivity index (χ2v) is 12.9. The van der Waals surface area contributed by atoms with Gasteiger partial charge >= 0.3 is 0 Å². The average molecular weight is 363 g/mol. The van der Waals surface area contributed by atoms with E-state index in [0.717, 1.165) is 33.9 Å². The molecule has 0 N–H and O–H groups in total. The lowest BCUT2D eigenvalue weighted by molar-refractivity contribution is 0.112. The third-order valence-corrected chi connectivity index (χ3v) is 9.78. The molecule has 0 saturated heterocycles. The first-order chi connectivity index (χ1) is 12.2. The molecule has 0 spiro atoms. The van der Waals surface area contributed by atoms with Crippen molar-refractivity contribution in [1.29, 1.82) is 0 Å². The van der Waals surface area contributed by atoms with Gasteiger partial charge in [0.25, 0.3) is 8.32 Å². The Labute approximate surface area is 157 Å². The SMILES string of the molecule is CC(C)(C)[Si](C)(C)Oc1ccccc1-c1ccc(C=O)c2ccccc12. The lowest BCUT2D eigenvalue weighted by Crippen LogP contribution is -2.43. The molecule has 3 aromatic rings. The van der Waals surface area contributed by atoms with Gasteiger partial charge < -0.3 is 4.43 Å². The number of rotatable bonds is 4. The molecule has 0 unspecified atom stereocenters. The van der Waals surface area contributed by atoms with E-state index in [1.54, 1.807) is 0 Å². The van der Waals surface area contributed by atoms with Gasteiger partial charge in [0, 0.05) is 11.1 Å². The van der Waals surface area contributed by atoms with Crippen molar-refractivity contribution in [2.24, 2.45) is 0 Å². The summed E-state index contributed by atoms with van der Waals surface area (Å²) in [5.74, 6) is 0.920. The number of benzene rings is 3. The van der Waals surface area contributed by atoms with Gasteiger partial charge in [-0.1, -0.05) is 75.4 Å². The maximum Gasteiger partial charge on any atom is 0.250 e. The van der Waals surface area contributed by atoms with Crippen LogP contribution in [0, 0.1) is 0 Å². The molecule has 0 heterocycles. The summed E-state index contributed by atoms with van der Waals surface area (Å²) < 4.78 is 6.63. The smallest absolute Gasteiger partial charge is 0.250 e. The molecule has 3 aromatic carbocycles. The Morgan fingerprint density at radius 3 is 2.08 bits per heavy atom. The van der Waals surface area contributed by atoms with E-state index in [4.69, 9.17) is 4.43 Å². The molecule has 3 heteroatoms. The molecule has 0 atom stereocenters. The van der Waals surface area contributed by atoms with Crippen LogP contribution in [-0.2, 0) is 0 Å². The summed E-state index contributed by atoms with van der Waals surface area (Å²) in [5, 5.41) is 2.18. The fraction of sp³-hybridized carbons (Fsp3) is 0.261. The van der Waals surface area contributed by atoms with Crippen molar-refractivity contribution in [2.45, 2.75) is 38.9 Å². The Balaban J connectivity index is 2.18. The average Bonchev–Trinajstić information content (AvgIpc) is 2.60. The van der Waals surface area contributed by atoms with E-state index in [9.17, 15) is 4.79 Å². The van der Waals surface area contributed by atoms with Crippen LogP contribution in [0.4, 0.5) is 0 Å². The topological polar surface area (TPSA) is 26.3 Å². The number of carbonyl (C=O) groups excluding carboxylic acids is 1. The molecule has 0 aromatic heterocycles. The van der Waals surface area contributed by atoms with Gasteiger partial charge in [-0.25, -0.2) is 0 Å². The van der Waals surface area contributed by atoms with Gasteiger partial charge in [0.2, 0.25) is 0 Å². The second-order valence-electron chi connectivity index (χ2n) is 8.22. The molecule has 0 fully saturated rings. The second kappa shape index (κ2) is 6.73. The van der Waals surface area contributed by atoms with Crippen LogP contribution in [0.1, 0.15) is 31.1 Å². The van der Waals surface area contributed by atoms with Crippen LogP contribution < -0.4 is 4.43 Å². The molecule has 2 nitrogen and oxygen atoms in total. The maximum absolute atomic E-state index is 11.4. The Morgan fingerprint density at radius 2 is 1.42 bits per heavy atom. The van der Waals surface area contributed by atoms with E-state index in [2.05, 4.69) is 52.1 Å². The number of hydrogen-bond acceptors (Lipinski definition) is 2. The molecule has 0 saturated carbocycles. The van der Waals surface area contributed by atoms with Crippen molar-refractivity contribution in [3.63, 3.8) is 0 Å². The molecule has 0 aliphatic rings. The van der Waals surface area contributed by atoms with E-state index in [1.165, 1.54) is 0 Å². The van der Waals surface area contributed by atoms with Crippen LogP contribution in [0.3, 0.4) is 0 Å². The first kappa shape index (κ1) is 18.4. The van der Waals surface area contributed by atoms with Gasteiger partial charge in [0.05, 0.1) is 0 Å². The van der Waals surface area contributed by atoms with Crippen molar-refractivity contribution >= 4 is 25.4 Å². The molecule has 0 radical (unpaired) electrons. The summed E-state index contributed by atoms with van der Waals surface area (Å²) >= 11 is 0. The predicted octanol–water partition coefficient (Wildman–Crippen LogP) is 6.70. The Morgan fingerprint density at radius 1 is 0.808 bits per heavy atom. The minimum Gasteiger partial charge on any atom is -0.543 e. The lowest BCUT2D eigenvalue weighted by Gasteiger charge is -2.37. The fourth-order valence-corrected chi connectivity index (χ4v) is 3.90. The van der Waals surface area contributed by atoms with Crippen LogP contribution >= 0.6 is 0 Å². The lowest BCUT2D eigenvalue weighted by atomic mass is 9.95. The van der Waals surface area contributed by atoms with Crippen LogP contribution in [0.2, 0.25) is 18.1 Å². The summed E-state index contributed by atoms with van der Waals surface area (Å²) in [6, 6.07) is 20.2. The Hall–Kier alpha value is -2.39. The summed E-state index contributed by atoms with van der Waals surface area (Å²) in [6.07, 6.45) is 0.921. The number of hydrogen-bond donors (Lipinski definition) is 0. The van der Waals surface area contributed by atoms with Crippen LogP contribution in [0.5, 0.6) is 5.75 Å². The zero-order chi connectivity index (χ0) is 18.9. The zero-order valence-corrected chi connectivity index (χ0v) is 17.2. The molecule has 0 bridgehead atoms. The quantitative estimate of drug-likeness (QED) is 0.381. The third-order valence-electron chi connectivity index (χ3n) is 5.43. The summed E-state index contributed by atoms with van der Waals surface area (Å²) in [7, 11) is -1.95. The molecular formula is C23H26O2Si. The summed E-state index contributed by atoms with van der Waals surface area (Å²) in [5.41, 5.74) is 2.89. The van der Waals surface area contributed by atoms with Crippen molar-refractivity contribution in [3.05, 3.63) is 66.2 Å². The first-order valence-electron chi connectivity index (χ1n) is 9.00. The summed E-state index contributed by atoms with van der Waals surface area (Å²) in [4.78, 5) is 11.4. The van der Waals surface area contributed by atoms with Gasteiger partial charge in [-0.15, -0.1) is 0 Å². The number of fused-ring (bicyclic) bond motifs is 1. The molecule has 0 amide bonds. The van der Waals surface area contributed by atoms with Crippen molar-refractivity contribution in [1.82, 2.24) is 0 Å². The van der Waals surface area contributed by atoms with Gasteiger partial charge in [-0.05, 0) is 40.5 Å². The van der Waals surface area contributed by atoms with Crippen molar-refractivity contribution in [2.75, 3.05) is 0 Å². The monoisotopic (exact) mass is 362 g/mol. The van der Waals surface area contributed by atoms with Crippen LogP contribution in [0.25, 0.3) is 21.9 Å². The molecule has 0 aliphatic carbocycles. The van der Waals surface area contributed by atoms with E-state index in [-0.39, 0.29) is 5.04 Å². The van der Waals surface area contributed by atoms with E-state index < -0.39 is 8.32 Å². The normalized spacial score (nSPS) is 12.2. The van der Waals surface area contributed by atoms with Gasteiger partial charge in [0.1, 0.15) is 5.75 Å². The van der Waals surface area contributed by atoms with Crippen LogP contribution in [-0.4, -0.2) is 14.6 Å². The predicted molar refractivity (Wildman–Crippen MR) is 113 cm³/mol. The minimum absolute atomic E-state index is 0.129. The largest absolute Gasteiger partial charge is 0.543 e.